The van der Waals surface area contributed by atoms with Gasteiger partial charge in [0.1, 0.15) is 23.5 Å². The van der Waals surface area contributed by atoms with Crippen LogP contribution in [0.2, 0.25) is 5.02 Å². The number of nitrogens with one attached hydrogen (secondary N) is 2. The van der Waals surface area contributed by atoms with Gasteiger partial charge in [0.2, 0.25) is 5.95 Å². The van der Waals surface area contributed by atoms with E-state index in [9.17, 15) is 4.79 Å². The summed E-state index contributed by atoms with van der Waals surface area (Å²) in [6, 6.07) is 7.22. The number of aromatic nitrogens is 3. The first kappa shape index (κ1) is 22.0. The van der Waals surface area contributed by atoms with Crippen LogP contribution in [-0.4, -0.2) is 33.2 Å². The van der Waals surface area contributed by atoms with Gasteiger partial charge < -0.3 is 20.8 Å². The van der Waals surface area contributed by atoms with Gasteiger partial charge in [-0.05, 0) is 49.4 Å². The normalized spacial score (nSPS) is 11.6. The molecule has 3 rings (SSSR count). The van der Waals surface area contributed by atoms with Crippen LogP contribution in [0.25, 0.3) is 11.4 Å². The van der Waals surface area contributed by atoms with E-state index >= 15 is 0 Å². The number of amidine groups is 1. The van der Waals surface area contributed by atoms with Gasteiger partial charge in [0.05, 0.1) is 0 Å². The molecule has 0 fully saturated rings. The molecule has 0 aliphatic rings. The number of hydrogen-bond acceptors (Lipinski definition) is 7. The lowest BCUT2D eigenvalue weighted by atomic mass is 10.2. The van der Waals surface area contributed by atoms with Crippen LogP contribution in [-0.2, 0) is 6.54 Å². The van der Waals surface area contributed by atoms with Crippen molar-refractivity contribution in [2.45, 2.75) is 20.4 Å². The van der Waals surface area contributed by atoms with E-state index in [1.165, 1.54) is 12.5 Å². The Morgan fingerprint density at radius 3 is 2.94 bits per heavy atom. The van der Waals surface area contributed by atoms with Crippen molar-refractivity contribution in [2.24, 2.45) is 10.7 Å². The van der Waals surface area contributed by atoms with Gasteiger partial charge in [-0.1, -0.05) is 23.7 Å². The highest BCUT2D eigenvalue weighted by Crippen LogP contribution is 2.21. The third-order valence-electron chi connectivity index (χ3n) is 4.08. The van der Waals surface area contributed by atoms with Crippen LogP contribution < -0.4 is 16.4 Å². The average molecular weight is 440 g/mol. The molecule has 1 aromatic carbocycles. The van der Waals surface area contributed by atoms with E-state index in [2.05, 4.69) is 30.6 Å². The van der Waals surface area contributed by atoms with E-state index in [-0.39, 0.29) is 5.89 Å². The third kappa shape index (κ3) is 5.89. The minimum absolute atomic E-state index is 0.0659. The average Bonchev–Trinajstić information content (AvgIpc) is 3.24. The Labute approximate surface area is 184 Å². The molecule has 0 radical (unpaired) electrons. The highest BCUT2D eigenvalue weighted by molar-refractivity contribution is 6.30. The predicted octanol–water partition coefficient (Wildman–Crippen LogP) is 3.33. The molecule has 0 saturated carbocycles. The molecule has 4 N–H and O–H groups in total. The van der Waals surface area contributed by atoms with Crippen molar-refractivity contribution >= 4 is 29.3 Å². The third-order valence-corrected chi connectivity index (χ3v) is 4.31. The first-order valence-corrected chi connectivity index (χ1v) is 9.90. The number of rotatable bonds is 7. The van der Waals surface area contributed by atoms with Gasteiger partial charge in [-0.3, -0.25) is 9.79 Å². The van der Waals surface area contributed by atoms with Crippen molar-refractivity contribution in [3.8, 4) is 11.4 Å². The molecular weight excluding hydrogens is 418 g/mol. The Kier molecular flexibility index (Phi) is 7.34. The van der Waals surface area contributed by atoms with Crippen LogP contribution in [0.3, 0.4) is 0 Å². The maximum Gasteiger partial charge on any atom is 0.307 e. The molecule has 0 atom stereocenters. The number of carbonyl (C=O) groups is 1. The fraction of sp³-hybridized carbons (Fsp3) is 0.190. The summed E-state index contributed by atoms with van der Waals surface area (Å²) < 4.78 is 5.36. The van der Waals surface area contributed by atoms with Crippen LogP contribution in [0.1, 0.15) is 28.7 Å². The molecule has 0 saturated heterocycles. The number of benzene rings is 1. The summed E-state index contributed by atoms with van der Waals surface area (Å²) in [5.41, 5.74) is 8.03. The molecule has 3 aromatic rings. The number of nitrogens with zero attached hydrogens (tertiary/aromatic N) is 4. The van der Waals surface area contributed by atoms with Crippen molar-refractivity contribution in [1.82, 2.24) is 20.3 Å². The maximum atomic E-state index is 12.4. The van der Waals surface area contributed by atoms with E-state index in [0.29, 0.717) is 41.3 Å². The van der Waals surface area contributed by atoms with Crippen LogP contribution >= 0.6 is 11.6 Å². The second-order valence-corrected chi connectivity index (χ2v) is 6.86. The minimum Gasteiger partial charge on any atom is -0.440 e. The lowest BCUT2D eigenvalue weighted by Gasteiger charge is -2.07. The Morgan fingerprint density at radius 1 is 1.35 bits per heavy atom. The lowest BCUT2D eigenvalue weighted by molar-refractivity contribution is 0.0916. The molecule has 10 heteroatoms. The molecule has 0 unspecified atom stereocenters. The number of carbonyl (C=O) groups excluding carboxylic acids is 1. The topological polar surface area (TPSA) is 131 Å². The van der Waals surface area contributed by atoms with Gasteiger partial charge in [-0.15, -0.1) is 0 Å². The molecule has 0 aliphatic heterocycles. The number of aliphatic imine (C=N–C) groups is 1. The molecule has 31 heavy (non-hydrogen) atoms. The lowest BCUT2D eigenvalue weighted by Crippen LogP contribution is -2.23. The van der Waals surface area contributed by atoms with Gasteiger partial charge >= 0.3 is 5.91 Å². The second kappa shape index (κ2) is 10.4. The molecule has 2 aromatic heterocycles. The van der Waals surface area contributed by atoms with Gasteiger partial charge in [0.25, 0.3) is 5.89 Å². The SMILES string of the molecule is CCN=C(/C=C\N)Nc1ncc(C)c(-c2coc(C(=O)NCc3cccc(Cl)c3)n2)n1. The first-order valence-electron chi connectivity index (χ1n) is 9.52. The van der Waals surface area contributed by atoms with E-state index in [1.807, 2.05) is 26.0 Å². The number of hydrogen-bond donors (Lipinski definition) is 3. The van der Waals surface area contributed by atoms with Gasteiger partial charge in [-0.25, -0.2) is 15.0 Å². The summed E-state index contributed by atoms with van der Waals surface area (Å²) in [6.07, 6.45) is 6.02. The van der Waals surface area contributed by atoms with Gasteiger partial charge in [0, 0.05) is 24.3 Å². The summed E-state index contributed by atoms with van der Waals surface area (Å²) >= 11 is 5.96. The fourth-order valence-electron chi connectivity index (χ4n) is 2.66. The number of anilines is 1. The Balaban J connectivity index is 1.75. The molecule has 0 aliphatic carbocycles. The van der Waals surface area contributed by atoms with Crippen molar-refractivity contribution in [1.29, 1.82) is 0 Å². The molecule has 0 spiro atoms. The molecule has 9 nitrogen and oxygen atoms in total. The number of oxazole rings is 1. The molecule has 0 bridgehead atoms. The maximum absolute atomic E-state index is 12.4. The quantitative estimate of drug-likeness (QED) is 0.380. The first-order chi connectivity index (χ1) is 15.0. The highest BCUT2D eigenvalue weighted by Gasteiger charge is 2.17. The Bertz CT molecular complexity index is 1120. The van der Waals surface area contributed by atoms with Crippen molar-refractivity contribution in [3.63, 3.8) is 0 Å². The van der Waals surface area contributed by atoms with Crippen molar-refractivity contribution < 1.29 is 9.21 Å². The molecule has 1 amide bonds. The second-order valence-electron chi connectivity index (χ2n) is 6.42. The summed E-state index contributed by atoms with van der Waals surface area (Å²) in [7, 11) is 0. The molecular formula is C21H22ClN7O2. The fourth-order valence-corrected chi connectivity index (χ4v) is 2.88. The van der Waals surface area contributed by atoms with E-state index in [4.69, 9.17) is 21.8 Å². The van der Waals surface area contributed by atoms with Crippen LogP contribution in [0, 0.1) is 6.92 Å². The van der Waals surface area contributed by atoms with Crippen LogP contribution in [0.15, 0.2) is 58.4 Å². The molecule has 2 heterocycles. The Hall–Kier alpha value is -3.72. The summed E-state index contributed by atoms with van der Waals surface area (Å²) in [5.74, 6) is 0.340. The van der Waals surface area contributed by atoms with E-state index in [0.717, 1.165) is 11.1 Å². The predicted molar refractivity (Wildman–Crippen MR) is 120 cm³/mol. The molecule has 160 valence electrons. The van der Waals surface area contributed by atoms with E-state index < -0.39 is 5.91 Å². The van der Waals surface area contributed by atoms with Crippen molar-refractivity contribution in [3.05, 3.63) is 71.0 Å². The Morgan fingerprint density at radius 2 is 2.19 bits per heavy atom. The van der Waals surface area contributed by atoms with E-state index in [1.54, 1.807) is 24.4 Å². The zero-order valence-corrected chi connectivity index (χ0v) is 17.8. The smallest absolute Gasteiger partial charge is 0.307 e. The van der Waals surface area contributed by atoms with Crippen molar-refractivity contribution in [2.75, 3.05) is 11.9 Å². The zero-order chi connectivity index (χ0) is 22.2. The number of halogens is 1. The minimum atomic E-state index is -0.443. The summed E-state index contributed by atoms with van der Waals surface area (Å²) in [6.45, 7) is 4.61. The standard InChI is InChI=1S/C21H22ClN7O2/c1-3-24-17(7-8-23)28-21-26-10-13(2)18(29-21)16-12-31-20(27-16)19(30)25-11-14-5-4-6-15(22)9-14/h4-10,12H,3,11,23H2,1-2H3,(H,25,30)(H,24,26,28,29)/b8-7-. The largest absolute Gasteiger partial charge is 0.440 e. The number of amides is 1. The number of nitrogens with two attached hydrogens (primary N) is 1. The number of aryl methyl sites for hydroxylation is 1. The zero-order valence-electron chi connectivity index (χ0n) is 17.1. The van der Waals surface area contributed by atoms with Gasteiger partial charge in [0.15, 0.2) is 0 Å². The van der Waals surface area contributed by atoms with Crippen LogP contribution in [0.4, 0.5) is 5.95 Å². The monoisotopic (exact) mass is 439 g/mol. The summed E-state index contributed by atoms with van der Waals surface area (Å²) in [4.78, 5) is 29.7. The summed E-state index contributed by atoms with van der Waals surface area (Å²) in [5, 5.41) is 6.36. The van der Waals surface area contributed by atoms with Crippen LogP contribution in [0.5, 0.6) is 0 Å². The highest BCUT2D eigenvalue weighted by atomic mass is 35.5. The van der Waals surface area contributed by atoms with Gasteiger partial charge in [-0.2, -0.15) is 0 Å².